The minimum absolute atomic E-state index is 0.0379. The Labute approximate surface area is 55.3 Å². The molecule has 4 heteroatoms. The summed E-state index contributed by atoms with van der Waals surface area (Å²) >= 11 is 0. The van der Waals surface area contributed by atoms with Crippen molar-refractivity contribution in [2.75, 3.05) is 20.8 Å². The maximum Gasteiger partial charge on any atom is 0.325 e. The molecule has 0 aliphatic heterocycles. The number of carbonyl (C=O) groups is 1. The Morgan fingerprint density at radius 1 is 2.00 bits per heavy atom. The highest BCUT2D eigenvalue weighted by molar-refractivity contribution is 5.75. The molecule has 0 heterocycles. The van der Waals surface area contributed by atoms with Gasteiger partial charge in [0, 0.05) is 7.09 Å². The number of hydrogen-bond donors (Lipinski definition) is 1. The fraction of sp³-hybridized carbons (Fsp3) is 0.800. The van der Waals surface area contributed by atoms with Gasteiger partial charge in [-0.25, -0.2) is 0 Å². The molecular formula is C5H11NO3. The van der Waals surface area contributed by atoms with Crippen LogP contribution in [0.15, 0.2) is 0 Å². The van der Waals surface area contributed by atoms with Gasteiger partial charge in [-0.1, -0.05) is 0 Å². The molecule has 4 nitrogen and oxygen atoms in total. The third-order valence-corrected chi connectivity index (χ3v) is 0.801. The number of rotatable bonds is 3. The summed E-state index contributed by atoms with van der Waals surface area (Å²) in [4.78, 5) is 10.5. The molecule has 0 aliphatic rings. The highest BCUT2D eigenvalue weighted by Crippen LogP contribution is 1.82. The molecule has 0 aromatic heterocycles. The summed E-state index contributed by atoms with van der Waals surface area (Å²) in [7, 11) is 1.06. The summed E-state index contributed by atoms with van der Waals surface area (Å²) in [6.45, 7) is 0.0379. The van der Waals surface area contributed by atoms with Gasteiger partial charge in [0.05, 0.1) is 15.1 Å². The maximum absolute atomic E-state index is 10.5. The molecule has 54 valence electrons. The van der Waals surface area contributed by atoms with Crippen molar-refractivity contribution in [3.63, 3.8) is 0 Å². The standard InChI is InChI=1S/C5H11NO3/c1-8-3-4(6)5(7)9-2/h4H,3,6H2,1-2H3/t4-/m0/s1/i1D. The first kappa shape index (κ1) is 6.51. The Bertz CT molecular complexity index is 109. The quantitative estimate of drug-likeness (QED) is 0.510. The molecule has 0 bridgehead atoms. The van der Waals surface area contributed by atoms with Crippen molar-refractivity contribution < 1.29 is 15.6 Å². The first-order valence-electron chi connectivity index (χ1n) is 3.13. The van der Waals surface area contributed by atoms with E-state index in [1.165, 1.54) is 7.11 Å². The number of esters is 1. The molecule has 1 atom stereocenters. The van der Waals surface area contributed by atoms with Gasteiger partial charge in [-0.05, 0) is 0 Å². The van der Waals surface area contributed by atoms with E-state index >= 15 is 0 Å². The van der Waals surface area contributed by atoms with Crippen molar-refractivity contribution in [3.8, 4) is 0 Å². The van der Waals surface area contributed by atoms with Crippen LogP contribution in [0.25, 0.3) is 0 Å². The molecule has 0 fully saturated rings. The lowest BCUT2D eigenvalue weighted by atomic mass is 10.3. The van der Waals surface area contributed by atoms with Crippen LogP contribution in [0.4, 0.5) is 0 Å². The lowest BCUT2D eigenvalue weighted by Gasteiger charge is -2.05. The van der Waals surface area contributed by atoms with Crippen molar-refractivity contribution in [1.29, 1.82) is 0 Å². The van der Waals surface area contributed by atoms with Crippen molar-refractivity contribution >= 4 is 5.97 Å². The van der Waals surface area contributed by atoms with E-state index in [-0.39, 0.29) is 13.7 Å². The SMILES string of the molecule is [2H]COC[C@H](N)C(=O)OC. The van der Waals surface area contributed by atoms with Gasteiger partial charge in [0.2, 0.25) is 0 Å². The third kappa shape index (κ3) is 3.05. The highest BCUT2D eigenvalue weighted by Gasteiger charge is 2.11. The zero-order chi connectivity index (χ0) is 7.98. The molecule has 0 saturated heterocycles. The van der Waals surface area contributed by atoms with E-state index in [2.05, 4.69) is 9.47 Å². The Morgan fingerprint density at radius 2 is 2.67 bits per heavy atom. The van der Waals surface area contributed by atoms with Crippen LogP contribution in [-0.2, 0) is 14.3 Å². The summed E-state index contributed by atoms with van der Waals surface area (Å²) in [5.41, 5.74) is 5.23. The van der Waals surface area contributed by atoms with Crippen LogP contribution in [0.3, 0.4) is 0 Å². The van der Waals surface area contributed by atoms with Gasteiger partial charge in [-0.2, -0.15) is 0 Å². The summed E-state index contributed by atoms with van der Waals surface area (Å²) in [6, 6.07) is -0.768. The van der Waals surface area contributed by atoms with Crippen LogP contribution < -0.4 is 5.73 Å². The molecule has 9 heavy (non-hydrogen) atoms. The molecule has 0 aliphatic carbocycles. The predicted octanol–water partition coefficient (Wildman–Crippen LogP) is -0.867. The molecule has 0 unspecified atom stereocenters. The number of hydrogen-bond acceptors (Lipinski definition) is 4. The lowest BCUT2D eigenvalue weighted by molar-refractivity contribution is -0.143. The van der Waals surface area contributed by atoms with Crippen LogP contribution in [0.5, 0.6) is 0 Å². The lowest BCUT2D eigenvalue weighted by Crippen LogP contribution is -2.35. The van der Waals surface area contributed by atoms with E-state index in [9.17, 15) is 4.79 Å². The second-order valence-electron chi connectivity index (χ2n) is 1.50. The molecule has 0 radical (unpaired) electrons. The van der Waals surface area contributed by atoms with Crippen LogP contribution in [-0.4, -0.2) is 32.8 Å². The van der Waals surface area contributed by atoms with Crippen molar-refractivity contribution in [2.24, 2.45) is 5.73 Å². The summed E-state index contributed by atoms with van der Waals surface area (Å²) in [6.07, 6.45) is 0. The summed E-state index contributed by atoms with van der Waals surface area (Å²) in [5.74, 6) is -0.520. The minimum atomic E-state index is -0.768. The summed E-state index contributed by atoms with van der Waals surface area (Å²) in [5, 5.41) is 0. The molecule has 0 aromatic carbocycles. The molecule has 0 saturated carbocycles. The Kier molecular flexibility index (Phi) is 3.10. The largest absolute Gasteiger partial charge is 0.468 e. The minimum Gasteiger partial charge on any atom is -0.468 e. The monoisotopic (exact) mass is 134 g/mol. The van der Waals surface area contributed by atoms with Gasteiger partial charge in [0.1, 0.15) is 6.04 Å². The Morgan fingerprint density at radius 3 is 3.11 bits per heavy atom. The maximum atomic E-state index is 10.5. The zero-order valence-corrected chi connectivity index (χ0v) is 5.29. The van der Waals surface area contributed by atoms with E-state index < -0.39 is 12.0 Å². The third-order valence-electron chi connectivity index (χ3n) is 0.801. The first-order chi connectivity index (χ1) is 4.72. The molecule has 0 spiro atoms. The molecule has 0 rings (SSSR count). The second-order valence-corrected chi connectivity index (χ2v) is 1.50. The zero-order valence-electron chi connectivity index (χ0n) is 6.29. The molecule has 0 aromatic rings. The molecular weight excluding hydrogens is 122 g/mol. The predicted molar refractivity (Wildman–Crippen MR) is 31.9 cm³/mol. The number of carbonyl (C=O) groups excluding carboxylic acids is 1. The van der Waals surface area contributed by atoms with Crippen LogP contribution in [0.2, 0.25) is 0 Å². The van der Waals surface area contributed by atoms with Gasteiger partial charge in [0.25, 0.3) is 0 Å². The second kappa shape index (κ2) is 4.29. The van der Waals surface area contributed by atoms with Crippen molar-refractivity contribution in [3.05, 3.63) is 0 Å². The van der Waals surface area contributed by atoms with E-state index in [0.29, 0.717) is 0 Å². The highest BCUT2D eigenvalue weighted by atomic mass is 16.5. The van der Waals surface area contributed by atoms with Gasteiger partial charge in [-0.15, -0.1) is 0 Å². The van der Waals surface area contributed by atoms with E-state index in [1.54, 1.807) is 0 Å². The number of methoxy groups -OCH3 is 2. The van der Waals surface area contributed by atoms with Crippen molar-refractivity contribution in [2.45, 2.75) is 6.04 Å². The van der Waals surface area contributed by atoms with E-state index in [0.717, 1.165) is 0 Å². The smallest absolute Gasteiger partial charge is 0.325 e. The average Bonchev–Trinajstić information content (AvgIpc) is 1.98. The Hall–Kier alpha value is -0.610. The normalized spacial score (nSPS) is 14.2. The van der Waals surface area contributed by atoms with Crippen LogP contribution in [0, 0.1) is 0 Å². The van der Waals surface area contributed by atoms with E-state index in [1.807, 2.05) is 0 Å². The topological polar surface area (TPSA) is 61.5 Å². The van der Waals surface area contributed by atoms with E-state index in [4.69, 9.17) is 7.10 Å². The van der Waals surface area contributed by atoms with Gasteiger partial charge in [0.15, 0.2) is 0 Å². The van der Waals surface area contributed by atoms with Crippen LogP contribution in [0.1, 0.15) is 1.37 Å². The summed E-state index contributed by atoms with van der Waals surface area (Å²) < 4.78 is 15.4. The average molecular weight is 134 g/mol. The van der Waals surface area contributed by atoms with Crippen molar-refractivity contribution in [1.82, 2.24) is 0 Å². The molecule has 2 N–H and O–H groups in total. The fourth-order valence-electron chi connectivity index (χ4n) is 0.346. The van der Waals surface area contributed by atoms with Crippen LogP contribution >= 0.6 is 0 Å². The number of nitrogens with two attached hydrogens (primary N) is 1. The Balaban J connectivity index is 3.41. The first-order valence-corrected chi connectivity index (χ1v) is 2.42. The molecule has 0 amide bonds. The van der Waals surface area contributed by atoms with Gasteiger partial charge < -0.3 is 15.2 Å². The number of ether oxygens (including phenoxy) is 2. The van der Waals surface area contributed by atoms with Gasteiger partial charge >= 0.3 is 5.97 Å². The fourth-order valence-corrected chi connectivity index (χ4v) is 0.346. The van der Waals surface area contributed by atoms with Gasteiger partial charge in [-0.3, -0.25) is 4.79 Å².